The first kappa shape index (κ1) is 20.5. The number of hydrogen-bond acceptors (Lipinski definition) is 3. The van der Waals surface area contributed by atoms with Crippen molar-refractivity contribution in [3.8, 4) is 0 Å². The van der Waals surface area contributed by atoms with Crippen molar-refractivity contribution in [1.29, 1.82) is 0 Å². The summed E-state index contributed by atoms with van der Waals surface area (Å²) in [5.74, 6) is -0.743. The molecule has 2 aliphatic rings. The first-order valence-corrected chi connectivity index (χ1v) is 11.1. The van der Waals surface area contributed by atoms with Gasteiger partial charge in [0, 0.05) is 49.9 Å². The first-order valence-electron chi connectivity index (χ1n) is 9.35. The van der Waals surface area contributed by atoms with E-state index in [0.29, 0.717) is 26.2 Å². The summed E-state index contributed by atoms with van der Waals surface area (Å²) in [4.78, 5) is 14.1. The average molecular weight is 418 g/mol. The number of amides is 1. The molecule has 0 aliphatic carbocycles. The van der Waals surface area contributed by atoms with Gasteiger partial charge in [-0.25, -0.2) is 4.39 Å². The number of benzene rings is 1. The van der Waals surface area contributed by atoms with Crippen LogP contribution in [-0.2, 0) is 21.4 Å². The van der Waals surface area contributed by atoms with Crippen LogP contribution < -0.4 is 0 Å². The molecule has 0 N–H and O–H groups in total. The van der Waals surface area contributed by atoms with Crippen molar-refractivity contribution in [2.24, 2.45) is 0 Å². The first-order chi connectivity index (χ1) is 12.9. The number of halogens is 2. The minimum Gasteiger partial charge on any atom is -0.340 e. The van der Waals surface area contributed by atoms with E-state index in [4.69, 9.17) is 11.6 Å². The summed E-state index contributed by atoms with van der Waals surface area (Å²) < 4.78 is 42.6. The van der Waals surface area contributed by atoms with Gasteiger partial charge in [0.05, 0.1) is 6.42 Å². The third kappa shape index (κ3) is 4.80. The van der Waals surface area contributed by atoms with Gasteiger partial charge in [0.1, 0.15) is 5.82 Å². The summed E-state index contributed by atoms with van der Waals surface area (Å²) >= 11 is 5.99. The van der Waals surface area contributed by atoms with Gasteiger partial charge < -0.3 is 4.90 Å². The highest BCUT2D eigenvalue weighted by molar-refractivity contribution is 7.86. The standard InChI is InChI=1S/C18H25ClFN3O3S/c19-16-6-5-7-17(20)15(16)14-18(24)21-10-12-23(13-11-21)27(25,26)22-8-3-1-2-4-9-22/h5-7H,1-4,8-14H2. The summed E-state index contributed by atoms with van der Waals surface area (Å²) in [5.41, 5.74) is 0.184. The molecule has 0 aromatic heterocycles. The Hall–Kier alpha value is -1.22. The van der Waals surface area contributed by atoms with Crippen molar-refractivity contribution in [2.75, 3.05) is 39.3 Å². The highest BCUT2D eigenvalue weighted by Gasteiger charge is 2.33. The van der Waals surface area contributed by atoms with E-state index in [2.05, 4.69) is 0 Å². The maximum absolute atomic E-state index is 13.9. The Morgan fingerprint density at radius 1 is 0.963 bits per heavy atom. The second kappa shape index (κ2) is 8.86. The number of carbonyl (C=O) groups excluding carboxylic acids is 1. The van der Waals surface area contributed by atoms with Gasteiger partial charge in [-0.2, -0.15) is 17.0 Å². The van der Waals surface area contributed by atoms with Crippen LogP contribution >= 0.6 is 11.6 Å². The molecule has 6 nitrogen and oxygen atoms in total. The largest absolute Gasteiger partial charge is 0.340 e. The van der Waals surface area contributed by atoms with Crippen LogP contribution in [0.4, 0.5) is 4.39 Å². The molecule has 2 heterocycles. The smallest absolute Gasteiger partial charge is 0.282 e. The molecule has 0 saturated carbocycles. The van der Waals surface area contributed by atoms with E-state index in [1.165, 1.54) is 16.4 Å². The van der Waals surface area contributed by atoms with E-state index >= 15 is 0 Å². The Morgan fingerprint density at radius 3 is 2.15 bits per heavy atom. The zero-order valence-electron chi connectivity index (χ0n) is 15.2. The van der Waals surface area contributed by atoms with Crippen LogP contribution in [0.5, 0.6) is 0 Å². The molecular weight excluding hydrogens is 393 g/mol. The molecule has 0 atom stereocenters. The van der Waals surface area contributed by atoms with Crippen LogP contribution in [0.3, 0.4) is 0 Å². The van der Waals surface area contributed by atoms with E-state index in [1.54, 1.807) is 15.3 Å². The number of rotatable bonds is 4. The molecule has 3 rings (SSSR count). The lowest BCUT2D eigenvalue weighted by Gasteiger charge is -2.36. The molecule has 2 aliphatic heterocycles. The predicted octanol–water partition coefficient (Wildman–Crippen LogP) is 2.29. The van der Waals surface area contributed by atoms with Crippen LogP contribution in [0.25, 0.3) is 0 Å². The Kier molecular flexibility index (Phi) is 6.73. The maximum atomic E-state index is 13.9. The van der Waals surface area contributed by atoms with Gasteiger partial charge in [-0.1, -0.05) is 30.5 Å². The SMILES string of the molecule is O=C(Cc1c(F)cccc1Cl)N1CCN(S(=O)(=O)N2CCCCCC2)CC1. The van der Waals surface area contributed by atoms with Crippen molar-refractivity contribution < 1.29 is 17.6 Å². The van der Waals surface area contributed by atoms with Gasteiger partial charge in [-0.3, -0.25) is 4.79 Å². The van der Waals surface area contributed by atoms with E-state index < -0.39 is 16.0 Å². The molecule has 1 aromatic rings. The molecular formula is C18H25ClFN3O3S. The third-order valence-electron chi connectivity index (χ3n) is 5.20. The van der Waals surface area contributed by atoms with Crippen LogP contribution in [0, 0.1) is 5.82 Å². The minimum absolute atomic E-state index is 0.121. The highest BCUT2D eigenvalue weighted by Crippen LogP contribution is 2.21. The fourth-order valence-corrected chi connectivity index (χ4v) is 5.47. The van der Waals surface area contributed by atoms with Crippen LogP contribution in [0.1, 0.15) is 31.2 Å². The number of carbonyl (C=O) groups is 1. The van der Waals surface area contributed by atoms with Crippen molar-refractivity contribution >= 4 is 27.7 Å². The monoisotopic (exact) mass is 417 g/mol. The van der Waals surface area contributed by atoms with E-state index in [9.17, 15) is 17.6 Å². The Morgan fingerprint density at radius 2 is 1.56 bits per heavy atom. The van der Waals surface area contributed by atoms with E-state index in [1.807, 2.05) is 0 Å². The van der Waals surface area contributed by atoms with Crippen molar-refractivity contribution in [3.63, 3.8) is 0 Å². The lowest BCUT2D eigenvalue weighted by molar-refractivity contribution is -0.131. The predicted molar refractivity (Wildman–Crippen MR) is 102 cm³/mol. The molecule has 150 valence electrons. The fraction of sp³-hybridized carbons (Fsp3) is 0.611. The van der Waals surface area contributed by atoms with Gasteiger partial charge in [0.2, 0.25) is 5.91 Å². The minimum atomic E-state index is -3.48. The molecule has 0 radical (unpaired) electrons. The van der Waals surface area contributed by atoms with Crippen LogP contribution in [0.15, 0.2) is 18.2 Å². The Labute approximate surface area is 165 Å². The van der Waals surface area contributed by atoms with Gasteiger partial charge >= 0.3 is 0 Å². The highest BCUT2D eigenvalue weighted by atomic mass is 35.5. The summed E-state index contributed by atoms with van der Waals surface area (Å²) in [6.45, 7) is 2.25. The van der Waals surface area contributed by atoms with Gasteiger partial charge in [-0.15, -0.1) is 0 Å². The second-order valence-corrected chi connectivity index (χ2v) is 9.31. The van der Waals surface area contributed by atoms with Gasteiger partial charge in [0.25, 0.3) is 10.2 Å². The molecule has 2 saturated heterocycles. The maximum Gasteiger partial charge on any atom is 0.282 e. The fourth-order valence-electron chi connectivity index (χ4n) is 3.57. The van der Waals surface area contributed by atoms with Gasteiger partial charge in [0.15, 0.2) is 0 Å². The summed E-state index contributed by atoms with van der Waals surface area (Å²) in [6.07, 6.45) is 3.78. The molecule has 0 bridgehead atoms. The van der Waals surface area contributed by atoms with Crippen molar-refractivity contribution in [2.45, 2.75) is 32.1 Å². The number of piperazine rings is 1. The number of nitrogens with zero attached hydrogens (tertiary/aromatic N) is 3. The molecule has 27 heavy (non-hydrogen) atoms. The lowest BCUT2D eigenvalue weighted by atomic mass is 10.1. The topological polar surface area (TPSA) is 60.9 Å². The van der Waals surface area contributed by atoms with E-state index in [-0.39, 0.29) is 36.0 Å². The van der Waals surface area contributed by atoms with Crippen molar-refractivity contribution in [3.05, 3.63) is 34.6 Å². The van der Waals surface area contributed by atoms with Crippen molar-refractivity contribution in [1.82, 2.24) is 13.5 Å². The molecule has 0 unspecified atom stereocenters. The van der Waals surface area contributed by atoms with Crippen LogP contribution in [-0.4, -0.2) is 67.1 Å². The quantitative estimate of drug-likeness (QED) is 0.755. The van der Waals surface area contributed by atoms with Crippen LogP contribution in [0.2, 0.25) is 5.02 Å². The molecule has 0 spiro atoms. The Bertz CT molecular complexity index is 754. The van der Waals surface area contributed by atoms with Gasteiger partial charge in [-0.05, 0) is 25.0 Å². The lowest BCUT2D eigenvalue weighted by Crippen LogP contribution is -2.54. The summed E-state index contributed by atoms with van der Waals surface area (Å²) in [5, 5.41) is 0.228. The number of hydrogen-bond donors (Lipinski definition) is 0. The molecule has 2 fully saturated rings. The zero-order chi connectivity index (χ0) is 19.4. The zero-order valence-corrected chi connectivity index (χ0v) is 16.8. The molecule has 1 aromatic carbocycles. The normalized spacial score (nSPS) is 20.4. The summed E-state index contributed by atoms with van der Waals surface area (Å²) in [7, 11) is -3.48. The summed E-state index contributed by atoms with van der Waals surface area (Å²) in [6, 6.07) is 4.33. The van der Waals surface area contributed by atoms with E-state index in [0.717, 1.165) is 25.7 Å². The molecule has 9 heteroatoms. The third-order valence-corrected chi connectivity index (χ3v) is 7.59. The second-order valence-electron chi connectivity index (χ2n) is 6.98. The average Bonchev–Trinajstić information content (AvgIpc) is 2.95. The Balaban J connectivity index is 1.59. The molecule has 1 amide bonds.